The highest BCUT2D eigenvalue weighted by atomic mass is 15.2. The predicted molar refractivity (Wildman–Crippen MR) is 72.2 cm³/mol. The largest absolute Gasteiger partial charge is 0.341 e. The predicted octanol–water partition coefficient (Wildman–Crippen LogP) is 2.21. The van der Waals surface area contributed by atoms with Crippen LogP contribution in [-0.2, 0) is 6.54 Å². The molecule has 1 rings (SSSR count). The van der Waals surface area contributed by atoms with Gasteiger partial charge in [-0.2, -0.15) is 0 Å². The van der Waals surface area contributed by atoms with Crippen molar-refractivity contribution in [1.82, 2.24) is 15.3 Å². The topological polar surface area (TPSA) is 41.1 Å². The first-order chi connectivity index (χ1) is 8.22. The third-order valence-corrected chi connectivity index (χ3v) is 3.08. The highest BCUT2D eigenvalue weighted by Crippen LogP contribution is 2.13. The maximum Gasteiger partial charge on any atom is 0.225 e. The molecule has 0 radical (unpaired) electrons. The van der Waals surface area contributed by atoms with Gasteiger partial charge >= 0.3 is 0 Å². The van der Waals surface area contributed by atoms with Gasteiger partial charge < -0.3 is 10.2 Å². The second-order valence-electron chi connectivity index (χ2n) is 4.25. The Hall–Kier alpha value is -1.16. The van der Waals surface area contributed by atoms with Crippen LogP contribution >= 0.6 is 0 Å². The molecule has 1 aromatic rings. The van der Waals surface area contributed by atoms with Crippen molar-refractivity contribution < 1.29 is 0 Å². The van der Waals surface area contributed by atoms with Gasteiger partial charge in [-0.15, -0.1) is 0 Å². The van der Waals surface area contributed by atoms with Crippen molar-refractivity contribution >= 4 is 5.95 Å². The first-order valence-corrected chi connectivity index (χ1v) is 6.47. The van der Waals surface area contributed by atoms with Crippen molar-refractivity contribution in [2.24, 2.45) is 0 Å². The fraction of sp³-hybridized carbons (Fsp3) is 0.692. The Kier molecular flexibility index (Phi) is 5.91. The number of nitrogens with zero attached hydrogens (tertiary/aromatic N) is 3. The first-order valence-electron chi connectivity index (χ1n) is 6.47. The van der Waals surface area contributed by atoms with Crippen LogP contribution in [0.5, 0.6) is 0 Å². The quantitative estimate of drug-likeness (QED) is 0.788. The fourth-order valence-corrected chi connectivity index (χ4v) is 1.89. The molecule has 4 heteroatoms. The monoisotopic (exact) mass is 236 g/mol. The van der Waals surface area contributed by atoms with Crippen molar-refractivity contribution in [3.05, 3.63) is 18.0 Å². The first kappa shape index (κ1) is 13.9. The lowest BCUT2D eigenvalue weighted by Gasteiger charge is -2.26. The minimum atomic E-state index is 0.523. The van der Waals surface area contributed by atoms with Crippen LogP contribution in [0.3, 0.4) is 0 Å². The molecule has 0 bridgehead atoms. The number of rotatable bonds is 7. The number of hydrogen-bond donors (Lipinski definition) is 1. The Morgan fingerprint density at radius 3 is 2.24 bits per heavy atom. The van der Waals surface area contributed by atoms with Gasteiger partial charge in [-0.05, 0) is 19.4 Å². The third-order valence-electron chi connectivity index (χ3n) is 3.08. The van der Waals surface area contributed by atoms with Gasteiger partial charge in [-0.1, -0.05) is 20.8 Å². The van der Waals surface area contributed by atoms with Gasteiger partial charge in [0.05, 0.1) is 0 Å². The van der Waals surface area contributed by atoms with E-state index in [0.717, 1.165) is 37.4 Å². The Labute approximate surface area is 104 Å². The molecule has 0 spiro atoms. The Bertz CT molecular complexity index is 306. The maximum absolute atomic E-state index is 4.42. The summed E-state index contributed by atoms with van der Waals surface area (Å²) in [5, 5.41) is 3.26. The summed E-state index contributed by atoms with van der Waals surface area (Å²) in [6.07, 6.45) is 6.05. The van der Waals surface area contributed by atoms with E-state index in [4.69, 9.17) is 0 Å². The molecule has 0 aliphatic rings. The van der Waals surface area contributed by atoms with Crippen LogP contribution < -0.4 is 10.2 Å². The van der Waals surface area contributed by atoms with Crippen LogP contribution in [0.15, 0.2) is 12.4 Å². The molecule has 0 amide bonds. The second-order valence-corrected chi connectivity index (χ2v) is 4.25. The van der Waals surface area contributed by atoms with Gasteiger partial charge in [-0.3, -0.25) is 0 Å². The van der Waals surface area contributed by atoms with E-state index in [1.807, 2.05) is 12.4 Å². The van der Waals surface area contributed by atoms with Crippen molar-refractivity contribution in [3.63, 3.8) is 0 Å². The second kappa shape index (κ2) is 7.22. The molecule has 0 saturated heterocycles. The molecule has 0 fully saturated rings. The number of anilines is 1. The summed E-state index contributed by atoms with van der Waals surface area (Å²) in [6, 6.07) is 0.523. The van der Waals surface area contributed by atoms with Gasteiger partial charge in [0.1, 0.15) is 0 Å². The van der Waals surface area contributed by atoms with Crippen molar-refractivity contribution in [2.45, 2.75) is 46.2 Å². The molecule has 0 aromatic carbocycles. The van der Waals surface area contributed by atoms with Crippen molar-refractivity contribution in [2.75, 3.05) is 18.5 Å². The highest BCUT2D eigenvalue weighted by Gasteiger charge is 2.13. The summed E-state index contributed by atoms with van der Waals surface area (Å²) in [6.45, 7) is 8.30. The van der Waals surface area contributed by atoms with E-state index >= 15 is 0 Å². The lowest BCUT2D eigenvalue weighted by Crippen LogP contribution is -2.31. The average Bonchev–Trinajstić information content (AvgIpc) is 2.38. The van der Waals surface area contributed by atoms with Gasteiger partial charge in [0.2, 0.25) is 5.95 Å². The molecule has 0 saturated carbocycles. The van der Waals surface area contributed by atoms with Gasteiger partial charge in [0.15, 0.2) is 0 Å². The molecule has 0 unspecified atom stereocenters. The van der Waals surface area contributed by atoms with E-state index in [-0.39, 0.29) is 0 Å². The maximum atomic E-state index is 4.42. The van der Waals surface area contributed by atoms with Crippen molar-refractivity contribution in [1.29, 1.82) is 0 Å². The fourth-order valence-electron chi connectivity index (χ4n) is 1.89. The molecule has 4 nitrogen and oxygen atoms in total. The minimum absolute atomic E-state index is 0.523. The summed E-state index contributed by atoms with van der Waals surface area (Å²) in [4.78, 5) is 11.0. The Morgan fingerprint density at radius 1 is 1.18 bits per heavy atom. The molecule has 0 aliphatic carbocycles. The molecule has 1 aromatic heterocycles. The summed E-state index contributed by atoms with van der Waals surface area (Å²) < 4.78 is 0. The highest BCUT2D eigenvalue weighted by molar-refractivity contribution is 5.30. The molecule has 96 valence electrons. The zero-order valence-corrected chi connectivity index (χ0v) is 11.4. The minimum Gasteiger partial charge on any atom is -0.341 e. The van der Waals surface area contributed by atoms with Gasteiger partial charge in [-0.25, -0.2) is 9.97 Å². The van der Waals surface area contributed by atoms with Crippen LogP contribution in [0.1, 0.15) is 39.2 Å². The van der Waals surface area contributed by atoms with E-state index < -0.39 is 0 Å². The van der Waals surface area contributed by atoms with Crippen LogP contribution in [0.25, 0.3) is 0 Å². The summed E-state index contributed by atoms with van der Waals surface area (Å²) in [5.41, 5.74) is 1.13. The van der Waals surface area contributed by atoms with Crippen molar-refractivity contribution in [3.8, 4) is 0 Å². The smallest absolute Gasteiger partial charge is 0.225 e. The van der Waals surface area contributed by atoms with Crippen LogP contribution in [0.4, 0.5) is 5.95 Å². The Balaban J connectivity index is 2.66. The van der Waals surface area contributed by atoms with E-state index in [0.29, 0.717) is 6.04 Å². The molecular formula is C13H24N4. The Morgan fingerprint density at radius 2 is 1.76 bits per heavy atom. The summed E-state index contributed by atoms with van der Waals surface area (Å²) in [7, 11) is 2.07. The summed E-state index contributed by atoms with van der Waals surface area (Å²) in [5.74, 6) is 0.818. The lowest BCUT2D eigenvalue weighted by atomic mass is 10.1. The number of aromatic nitrogens is 2. The third kappa shape index (κ3) is 3.97. The van der Waals surface area contributed by atoms with Crippen LogP contribution in [0, 0.1) is 0 Å². The standard InChI is InChI=1S/C13H24N4/c1-5-12(6-2)17(4)13-15-9-11(10-16-13)8-14-7-3/h9-10,12,14H,5-8H2,1-4H3. The van der Waals surface area contributed by atoms with Gasteiger partial charge in [0.25, 0.3) is 0 Å². The van der Waals surface area contributed by atoms with E-state index in [1.165, 1.54) is 0 Å². The zero-order valence-electron chi connectivity index (χ0n) is 11.4. The normalized spacial score (nSPS) is 10.9. The van der Waals surface area contributed by atoms with E-state index in [1.54, 1.807) is 0 Å². The van der Waals surface area contributed by atoms with Crippen LogP contribution in [0.2, 0.25) is 0 Å². The SMILES string of the molecule is CCNCc1cnc(N(C)C(CC)CC)nc1. The van der Waals surface area contributed by atoms with E-state index in [9.17, 15) is 0 Å². The molecule has 0 atom stereocenters. The molecule has 17 heavy (non-hydrogen) atoms. The molecule has 0 aliphatic heterocycles. The molecular weight excluding hydrogens is 212 g/mol. The van der Waals surface area contributed by atoms with Crippen LogP contribution in [-0.4, -0.2) is 29.6 Å². The zero-order chi connectivity index (χ0) is 12.7. The lowest BCUT2D eigenvalue weighted by molar-refractivity contribution is 0.580. The van der Waals surface area contributed by atoms with E-state index in [2.05, 4.69) is 48.0 Å². The number of nitrogens with one attached hydrogen (secondary N) is 1. The summed E-state index contributed by atoms with van der Waals surface area (Å²) >= 11 is 0. The average molecular weight is 236 g/mol. The van der Waals surface area contributed by atoms with Gasteiger partial charge in [0, 0.05) is 37.6 Å². The molecule has 1 N–H and O–H groups in total. The number of hydrogen-bond acceptors (Lipinski definition) is 4. The molecule has 1 heterocycles.